The standard InChI is InChI=1S/C38H30F2OSi2/c39-37(40)38(42(31-19-7-1-8-20-31,32-21-9-2-10-22-32)33-23-11-3-12-24-33)41-43(34-25-13-4-14-26-34,35-27-15-5-16-28-35)36-29-17-6-18-30-36/h1-30H. The predicted molar refractivity (Wildman–Crippen MR) is 178 cm³/mol. The van der Waals surface area contributed by atoms with Crippen molar-refractivity contribution in [2.75, 3.05) is 0 Å². The van der Waals surface area contributed by atoms with Gasteiger partial charge in [-0.15, -0.1) is 0 Å². The molecule has 6 rings (SSSR count). The predicted octanol–water partition coefficient (Wildman–Crippen LogP) is 5.49. The summed E-state index contributed by atoms with van der Waals surface area (Å²) in [5.74, 6) is 0. The quantitative estimate of drug-likeness (QED) is 0.122. The van der Waals surface area contributed by atoms with Gasteiger partial charge >= 0.3 is 14.4 Å². The average molecular weight is 597 g/mol. The van der Waals surface area contributed by atoms with E-state index in [1.54, 1.807) is 0 Å². The summed E-state index contributed by atoms with van der Waals surface area (Å²) < 4.78 is 39.6. The molecular formula is C38H30F2OSi2. The van der Waals surface area contributed by atoms with Gasteiger partial charge in [0.25, 0.3) is 0 Å². The van der Waals surface area contributed by atoms with Gasteiger partial charge in [-0.2, -0.15) is 8.78 Å². The third-order valence-electron chi connectivity index (χ3n) is 7.93. The minimum absolute atomic E-state index is 0.237. The Bertz CT molecular complexity index is 1590. The molecule has 0 spiro atoms. The molecule has 0 saturated heterocycles. The largest absolute Gasteiger partial charge is 0.532 e. The molecule has 210 valence electrons. The highest BCUT2D eigenvalue weighted by atomic mass is 28.4. The summed E-state index contributed by atoms with van der Waals surface area (Å²) in [6.07, 6.45) is -1.80. The second-order valence-electron chi connectivity index (χ2n) is 10.3. The fourth-order valence-electron chi connectivity index (χ4n) is 6.06. The van der Waals surface area contributed by atoms with E-state index in [2.05, 4.69) is 0 Å². The highest BCUT2D eigenvalue weighted by Crippen LogP contribution is 2.27. The second kappa shape index (κ2) is 12.6. The van der Waals surface area contributed by atoms with Gasteiger partial charge in [-0.05, 0) is 31.1 Å². The van der Waals surface area contributed by atoms with Crippen LogP contribution in [-0.2, 0) is 4.43 Å². The van der Waals surface area contributed by atoms with E-state index in [1.165, 1.54) is 0 Å². The van der Waals surface area contributed by atoms with Crippen LogP contribution in [-0.4, -0.2) is 16.4 Å². The Kier molecular flexibility index (Phi) is 8.27. The van der Waals surface area contributed by atoms with Crippen molar-refractivity contribution in [1.82, 2.24) is 0 Å². The molecule has 0 radical (unpaired) electrons. The zero-order valence-corrected chi connectivity index (χ0v) is 25.5. The van der Waals surface area contributed by atoms with Gasteiger partial charge in [0.2, 0.25) is 8.07 Å². The van der Waals surface area contributed by atoms with Gasteiger partial charge in [-0.1, -0.05) is 182 Å². The molecule has 0 heterocycles. The molecule has 0 bridgehead atoms. The highest BCUT2D eigenvalue weighted by Gasteiger charge is 2.53. The van der Waals surface area contributed by atoms with E-state index in [4.69, 9.17) is 4.43 Å². The highest BCUT2D eigenvalue weighted by molar-refractivity contribution is 7.17. The third-order valence-corrected chi connectivity index (χ3v) is 16.7. The molecule has 0 amide bonds. The molecule has 0 aliphatic rings. The number of hydrogen-bond acceptors (Lipinski definition) is 1. The van der Waals surface area contributed by atoms with Gasteiger partial charge in [0.05, 0.1) is 0 Å². The molecular weight excluding hydrogens is 567 g/mol. The van der Waals surface area contributed by atoms with Crippen molar-refractivity contribution in [2.24, 2.45) is 0 Å². The van der Waals surface area contributed by atoms with Crippen LogP contribution >= 0.6 is 0 Å². The van der Waals surface area contributed by atoms with Crippen molar-refractivity contribution < 1.29 is 13.2 Å². The van der Waals surface area contributed by atoms with Crippen LogP contribution in [0.5, 0.6) is 0 Å². The Morgan fingerprint density at radius 2 is 0.581 bits per heavy atom. The van der Waals surface area contributed by atoms with Crippen LogP contribution in [0.25, 0.3) is 0 Å². The van der Waals surface area contributed by atoms with Gasteiger partial charge in [0, 0.05) is 0 Å². The lowest BCUT2D eigenvalue weighted by atomic mass is 10.3. The van der Waals surface area contributed by atoms with Crippen molar-refractivity contribution in [3.05, 3.63) is 193 Å². The molecule has 0 aromatic heterocycles. The third kappa shape index (κ3) is 5.18. The van der Waals surface area contributed by atoms with Crippen molar-refractivity contribution in [1.29, 1.82) is 0 Å². The minimum Gasteiger partial charge on any atom is -0.532 e. The normalized spacial score (nSPS) is 11.5. The van der Waals surface area contributed by atoms with E-state index in [-0.39, 0.29) is 5.38 Å². The fraction of sp³-hybridized carbons (Fsp3) is 0. The Morgan fingerprint density at radius 3 is 0.814 bits per heavy atom. The molecule has 5 heteroatoms. The first-order valence-corrected chi connectivity index (χ1v) is 18.2. The molecule has 0 atom stereocenters. The van der Waals surface area contributed by atoms with Crippen LogP contribution in [0.15, 0.2) is 193 Å². The summed E-state index contributed by atoms with van der Waals surface area (Å²) in [6, 6.07) is 58.8. The number of benzene rings is 6. The van der Waals surface area contributed by atoms with E-state index < -0.39 is 22.5 Å². The zero-order chi connectivity index (χ0) is 29.5. The van der Waals surface area contributed by atoms with Gasteiger partial charge in [0.15, 0.2) is 0 Å². The van der Waals surface area contributed by atoms with E-state index in [0.29, 0.717) is 0 Å². The van der Waals surface area contributed by atoms with Crippen LogP contribution in [0.4, 0.5) is 8.78 Å². The maximum absolute atomic E-state index is 16.1. The van der Waals surface area contributed by atoms with Crippen LogP contribution in [0.2, 0.25) is 0 Å². The molecule has 0 fully saturated rings. The van der Waals surface area contributed by atoms with E-state index in [0.717, 1.165) is 31.1 Å². The first-order valence-electron chi connectivity index (χ1n) is 14.3. The number of hydrogen-bond donors (Lipinski definition) is 0. The van der Waals surface area contributed by atoms with Crippen molar-refractivity contribution >= 4 is 47.5 Å². The average Bonchev–Trinajstić information content (AvgIpc) is 3.09. The summed E-state index contributed by atoms with van der Waals surface area (Å²) in [5.41, 5.74) is 0. The lowest BCUT2D eigenvalue weighted by molar-refractivity contribution is 0.353. The summed E-state index contributed by atoms with van der Waals surface area (Å²) in [6.45, 7) is 0. The molecule has 0 unspecified atom stereocenters. The molecule has 6 aromatic carbocycles. The molecule has 0 aliphatic carbocycles. The van der Waals surface area contributed by atoms with Crippen molar-refractivity contribution in [2.45, 2.75) is 0 Å². The topological polar surface area (TPSA) is 9.23 Å². The Balaban J connectivity index is 1.75. The number of halogens is 2. The van der Waals surface area contributed by atoms with Crippen LogP contribution < -0.4 is 31.1 Å². The molecule has 43 heavy (non-hydrogen) atoms. The molecule has 0 saturated carbocycles. The summed E-state index contributed by atoms with van der Waals surface area (Å²) in [7, 11) is -7.24. The molecule has 1 nitrogen and oxygen atoms in total. The van der Waals surface area contributed by atoms with E-state index in [1.807, 2.05) is 182 Å². The first kappa shape index (κ1) is 28.3. The van der Waals surface area contributed by atoms with E-state index in [9.17, 15) is 0 Å². The summed E-state index contributed by atoms with van der Waals surface area (Å²) >= 11 is 0. The number of rotatable bonds is 9. The summed E-state index contributed by atoms with van der Waals surface area (Å²) in [5, 5.41) is 4.92. The SMILES string of the molecule is FC(F)=C(O[Si](c1ccccc1)(c1ccccc1)c1ccccc1)[Si](c1ccccc1)(c1ccccc1)c1ccccc1. The maximum Gasteiger partial charge on any atom is 0.346 e. The van der Waals surface area contributed by atoms with Gasteiger partial charge in [0.1, 0.15) is 5.38 Å². The van der Waals surface area contributed by atoms with Crippen LogP contribution in [0.3, 0.4) is 0 Å². The first-order chi connectivity index (χ1) is 21.2. The second-order valence-corrected chi connectivity index (χ2v) is 17.3. The van der Waals surface area contributed by atoms with E-state index >= 15 is 8.78 Å². The molecule has 0 N–H and O–H groups in total. The fourth-order valence-corrected chi connectivity index (χ4v) is 15.0. The Hall–Kier alpha value is -4.85. The molecule has 0 aliphatic heterocycles. The maximum atomic E-state index is 16.1. The van der Waals surface area contributed by atoms with Gasteiger partial charge < -0.3 is 4.43 Å². The molecule has 6 aromatic rings. The Morgan fingerprint density at radius 1 is 0.349 bits per heavy atom. The lowest BCUT2D eigenvalue weighted by Gasteiger charge is -2.41. The van der Waals surface area contributed by atoms with Crippen LogP contribution in [0, 0.1) is 0 Å². The zero-order valence-electron chi connectivity index (χ0n) is 23.5. The minimum atomic E-state index is -3.68. The van der Waals surface area contributed by atoms with Crippen LogP contribution in [0.1, 0.15) is 0 Å². The lowest BCUT2D eigenvalue weighted by Crippen LogP contribution is -2.74. The van der Waals surface area contributed by atoms with Crippen molar-refractivity contribution in [3.8, 4) is 0 Å². The summed E-state index contributed by atoms with van der Waals surface area (Å²) in [4.78, 5) is 0. The smallest absolute Gasteiger partial charge is 0.346 e. The van der Waals surface area contributed by atoms with Gasteiger partial charge in [-0.3, -0.25) is 0 Å². The monoisotopic (exact) mass is 596 g/mol. The Labute approximate surface area is 253 Å². The van der Waals surface area contributed by atoms with Gasteiger partial charge in [-0.25, -0.2) is 0 Å². The van der Waals surface area contributed by atoms with Crippen molar-refractivity contribution in [3.63, 3.8) is 0 Å².